The molecule has 0 fully saturated rings. The maximum absolute atomic E-state index is 6.05. The average Bonchev–Trinajstić information content (AvgIpc) is 2.95. The molecular weight excluding hydrogens is 286 g/mol. The predicted molar refractivity (Wildman–Crippen MR) is 86.8 cm³/mol. The fourth-order valence-electron chi connectivity index (χ4n) is 2.09. The molecule has 21 heavy (non-hydrogen) atoms. The summed E-state index contributed by atoms with van der Waals surface area (Å²) in [6, 6.07) is 8.61. The second-order valence-corrected chi connectivity index (χ2v) is 5.58. The van der Waals surface area contributed by atoms with Crippen LogP contribution in [0.15, 0.2) is 34.9 Å². The third-order valence-corrected chi connectivity index (χ3v) is 3.72. The Kier molecular flexibility index (Phi) is 5.65. The quantitative estimate of drug-likeness (QED) is 0.784. The van der Waals surface area contributed by atoms with Crippen molar-refractivity contribution < 1.29 is 4.42 Å². The Morgan fingerprint density at radius 3 is 2.95 bits per heavy atom. The van der Waals surface area contributed by atoms with Crippen molar-refractivity contribution in [3.63, 3.8) is 0 Å². The number of hydrogen-bond acceptors (Lipinski definition) is 4. The van der Waals surface area contributed by atoms with Gasteiger partial charge >= 0.3 is 0 Å². The van der Waals surface area contributed by atoms with Crippen molar-refractivity contribution in [1.29, 1.82) is 0 Å². The Morgan fingerprint density at radius 2 is 2.24 bits per heavy atom. The Morgan fingerprint density at radius 1 is 1.43 bits per heavy atom. The first-order valence-electron chi connectivity index (χ1n) is 7.25. The van der Waals surface area contributed by atoms with Gasteiger partial charge in [0.25, 0.3) is 6.01 Å². The van der Waals surface area contributed by atoms with E-state index in [1.54, 1.807) is 6.26 Å². The second-order valence-electron chi connectivity index (χ2n) is 5.14. The summed E-state index contributed by atoms with van der Waals surface area (Å²) in [7, 11) is 1.97. The van der Waals surface area contributed by atoms with Gasteiger partial charge in [0.1, 0.15) is 6.26 Å². The van der Waals surface area contributed by atoms with Gasteiger partial charge in [0.15, 0.2) is 0 Å². The van der Waals surface area contributed by atoms with Crippen LogP contribution in [0.5, 0.6) is 0 Å². The zero-order valence-electron chi connectivity index (χ0n) is 12.8. The molecular formula is C16H22ClN3O. The number of anilines is 1. The number of oxazole rings is 1. The minimum atomic E-state index is 0.138. The maximum Gasteiger partial charge on any atom is 0.297 e. The molecule has 114 valence electrons. The van der Waals surface area contributed by atoms with Crippen molar-refractivity contribution in [2.75, 3.05) is 18.5 Å². The van der Waals surface area contributed by atoms with Crippen molar-refractivity contribution >= 4 is 17.6 Å². The molecule has 0 bridgehead atoms. The molecule has 1 heterocycles. The van der Waals surface area contributed by atoms with Gasteiger partial charge in [-0.25, -0.2) is 0 Å². The summed E-state index contributed by atoms with van der Waals surface area (Å²) in [5.74, 6) is 0. The van der Waals surface area contributed by atoms with E-state index < -0.39 is 0 Å². The molecule has 1 aromatic carbocycles. The number of rotatable bonds is 7. The van der Waals surface area contributed by atoms with E-state index in [2.05, 4.69) is 30.2 Å². The third kappa shape index (κ3) is 4.22. The van der Waals surface area contributed by atoms with E-state index in [0.717, 1.165) is 35.8 Å². The van der Waals surface area contributed by atoms with Crippen LogP contribution in [0.2, 0.25) is 5.02 Å². The zero-order valence-corrected chi connectivity index (χ0v) is 13.5. The van der Waals surface area contributed by atoms with Crippen LogP contribution in [-0.4, -0.2) is 18.6 Å². The number of halogens is 1. The van der Waals surface area contributed by atoms with Gasteiger partial charge in [0.2, 0.25) is 0 Å². The first-order chi connectivity index (χ1) is 10.1. The fourth-order valence-corrected chi connectivity index (χ4v) is 2.29. The topological polar surface area (TPSA) is 41.3 Å². The molecule has 2 rings (SSSR count). The Hall–Kier alpha value is -1.52. The van der Waals surface area contributed by atoms with E-state index in [0.29, 0.717) is 6.01 Å². The Bertz CT molecular complexity index is 570. The number of aromatic nitrogens is 1. The van der Waals surface area contributed by atoms with Gasteiger partial charge in [0, 0.05) is 18.6 Å². The monoisotopic (exact) mass is 307 g/mol. The van der Waals surface area contributed by atoms with E-state index >= 15 is 0 Å². The molecule has 0 aliphatic carbocycles. The van der Waals surface area contributed by atoms with Crippen molar-refractivity contribution in [3.05, 3.63) is 46.8 Å². The highest BCUT2D eigenvalue weighted by atomic mass is 35.5. The summed E-state index contributed by atoms with van der Waals surface area (Å²) >= 11 is 6.05. The molecule has 1 aromatic heterocycles. The van der Waals surface area contributed by atoms with Crippen molar-refractivity contribution in [2.24, 2.45) is 0 Å². The minimum Gasteiger partial charge on any atom is -0.432 e. The Balaban J connectivity index is 2.03. The van der Waals surface area contributed by atoms with Gasteiger partial charge in [0.05, 0.1) is 11.7 Å². The smallest absolute Gasteiger partial charge is 0.297 e. The fraction of sp³-hybridized carbons (Fsp3) is 0.438. The molecule has 0 amide bonds. The summed E-state index contributed by atoms with van der Waals surface area (Å²) in [5.41, 5.74) is 2.05. The van der Waals surface area contributed by atoms with Crippen LogP contribution < -0.4 is 10.2 Å². The van der Waals surface area contributed by atoms with Crippen LogP contribution in [0, 0.1) is 0 Å². The molecule has 0 radical (unpaired) electrons. The van der Waals surface area contributed by atoms with E-state index in [1.807, 2.05) is 30.1 Å². The highest BCUT2D eigenvalue weighted by molar-refractivity contribution is 6.30. The number of hydrogen-bond donors (Lipinski definition) is 1. The van der Waals surface area contributed by atoms with Gasteiger partial charge < -0.3 is 14.6 Å². The molecule has 2 aromatic rings. The van der Waals surface area contributed by atoms with Crippen LogP contribution in [-0.2, 0) is 6.54 Å². The van der Waals surface area contributed by atoms with Gasteiger partial charge in [-0.2, -0.15) is 4.98 Å². The maximum atomic E-state index is 6.05. The Labute approximate surface area is 131 Å². The standard InChI is InChI=1S/C16H22ClN3O/c1-4-8-18-10-15-11-21-16(19-15)20(3)12(2)13-6-5-7-14(17)9-13/h5-7,9,11-12,18H,4,8,10H2,1-3H3. The largest absolute Gasteiger partial charge is 0.432 e. The van der Waals surface area contributed by atoms with Crippen LogP contribution in [0.25, 0.3) is 0 Å². The van der Waals surface area contributed by atoms with Gasteiger partial charge in [-0.15, -0.1) is 0 Å². The van der Waals surface area contributed by atoms with E-state index in [9.17, 15) is 0 Å². The molecule has 1 unspecified atom stereocenters. The van der Waals surface area contributed by atoms with Crippen LogP contribution >= 0.6 is 11.6 Å². The lowest BCUT2D eigenvalue weighted by Crippen LogP contribution is -2.22. The highest BCUT2D eigenvalue weighted by Gasteiger charge is 2.17. The molecule has 4 nitrogen and oxygen atoms in total. The first-order valence-corrected chi connectivity index (χ1v) is 7.63. The molecule has 1 atom stereocenters. The van der Waals surface area contributed by atoms with Gasteiger partial charge in [-0.3, -0.25) is 0 Å². The molecule has 0 saturated carbocycles. The average molecular weight is 308 g/mol. The van der Waals surface area contributed by atoms with E-state index in [4.69, 9.17) is 16.0 Å². The number of nitrogens with one attached hydrogen (secondary N) is 1. The number of nitrogens with zero attached hydrogens (tertiary/aromatic N) is 2. The first kappa shape index (κ1) is 15.9. The second kappa shape index (κ2) is 7.48. The molecule has 0 spiro atoms. The minimum absolute atomic E-state index is 0.138. The van der Waals surface area contributed by atoms with Crippen molar-refractivity contribution in [3.8, 4) is 0 Å². The normalized spacial score (nSPS) is 12.4. The lowest BCUT2D eigenvalue weighted by Gasteiger charge is -2.23. The SMILES string of the molecule is CCCNCc1coc(N(C)C(C)c2cccc(Cl)c2)n1. The summed E-state index contributed by atoms with van der Waals surface area (Å²) in [4.78, 5) is 6.52. The van der Waals surface area contributed by atoms with E-state index in [1.165, 1.54) is 0 Å². The molecule has 0 aliphatic rings. The van der Waals surface area contributed by atoms with Crippen LogP contribution in [0.4, 0.5) is 6.01 Å². The summed E-state index contributed by atoms with van der Waals surface area (Å²) < 4.78 is 5.57. The molecule has 5 heteroatoms. The van der Waals surface area contributed by atoms with Crippen molar-refractivity contribution in [1.82, 2.24) is 10.3 Å². The van der Waals surface area contributed by atoms with Gasteiger partial charge in [-0.1, -0.05) is 30.7 Å². The summed E-state index contributed by atoms with van der Waals surface area (Å²) in [6.45, 7) is 5.96. The molecule has 0 saturated heterocycles. The summed E-state index contributed by atoms with van der Waals surface area (Å²) in [6.07, 6.45) is 2.82. The van der Waals surface area contributed by atoms with Crippen LogP contribution in [0.1, 0.15) is 37.6 Å². The number of benzene rings is 1. The summed E-state index contributed by atoms with van der Waals surface area (Å²) in [5, 5.41) is 4.05. The highest BCUT2D eigenvalue weighted by Crippen LogP contribution is 2.26. The lowest BCUT2D eigenvalue weighted by molar-refractivity contribution is 0.525. The van der Waals surface area contributed by atoms with Crippen LogP contribution in [0.3, 0.4) is 0 Å². The third-order valence-electron chi connectivity index (χ3n) is 3.49. The molecule has 0 aliphatic heterocycles. The van der Waals surface area contributed by atoms with Gasteiger partial charge in [-0.05, 0) is 37.6 Å². The lowest BCUT2D eigenvalue weighted by atomic mass is 10.1. The van der Waals surface area contributed by atoms with Crippen molar-refractivity contribution in [2.45, 2.75) is 32.9 Å². The zero-order chi connectivity index (χ0) is 15.2. The molecule has 1 N–H and O–H groups in total. The van der Waals surface area contributed by atoms with E-state index in [-0.39, 0.29) is 6.04 Å². The predicted octanol–water partition coefficient (Wildman–Crippen LogP) is 4.03.